The highest BCUT2D eigenvalue weighted by Gasteiger charge is 2.37. The van der Waals surface area contributed by atoms with Gasteiger partial charge in [-0.25, -0.2) is 0 Å². The van der Waals surface area contributed by atoms with Crippen molar-refractivity contribution in [3.8, 4) is 0 Å². The van der Waals surface area contributed by atoms with Gasteiger partial charge in [0, 0.05) is 6.61 Å². The van der Waals surface area contributed by atoms with Crippen LogP contribution in [0.5, 0.6) is 0 Å². The first kappa shape index (κ1) is 15.5. The maximum absolute atomic E-state index is 6.07. The molecule has 0 amide bonds. The van der Waals surface area contributed by atoms with Gasteiger partial charge >= 0.3 is 0 Å². The van der Waals surface area contributed by atoms with Gasteiger partial charge in [-0.2, -0.15) is 0 Å². The first-order valence-electron chi connectivity index (χ1n) is 8.23. The van der Waals surface area contributed by atoms with Crippen LogP contribution in [-0.4, -0.2) is 19.3 Å². The first-order chi connectivity index (χ1) is 9.80. The first-order valence-corrected chi connectivity index (χ1v) is 8.23. The number of hydrogen-bond acceptors (Lipinski definition) is 2. The third-order valence-electron chi connectivity index (χ3n) is 4.14. The average Bonchev–Trinajstić information content (AvgIpc) is 3.31. The fraction of sp³-hybridized carbons (Fsp3) is 0.667. The van der Waals surface area contributed by atoms with Gasteiger partial charge in [0.05, 0.1) is 12.1 Å². The van der Waals surface area contributed by atoms with Gasteiger partial charge in [0.15, 0.2) is 0 Å². The minimum absolute atomic E-state index is 0.332. The van der Waals surface area contributed by atoms with E-state index in [4.69, 9.17) is 4.74 Å². The smallest absolute Gasteiger partial charge is 0.0797 e. The van der Waals surface area contributed by atoms with E-state index in [1.165, 1.54) is 24.0 Å². The summed E-state index contributed by atoms with van der Waals surface area (Å²) in [6, 6.07) is 9.41. The van der Waals surface area contributed by atoms with E-state index in [1.54, 1.807) is 0 Å². The van der Waals surface area contributed by atoms with Crippen LogP contribution in [-0.2, 0) is 11.2 Å². The maximum Gasteiger partial charge on any atom is 0.0797 e. The van der Waals surface area contributed by atoms with Crippen LogP contribution >= 0.6 is 0 Å². The summed E-state index contributed by atoms with van der Waals surface area (Å²) in [7, 11) is 0. The third kappa shape index (κ3) is 4.07. The molecule has 2 atom stereocenters. The van der Waals surface area contributed by atoms with Crippen LogP contribution in [0.1, 0.15) is 57.2 Å². The van der Waals surface area contributed by atoms with Gasteiger partial charge in [-0.15, -0.1) is 0 Å². The molecule has 0 spiro atoms. The van der Waals surface area contributed by atoms with Crippen LogP contribution in [0.25, 0.3) is 0 Å². The number of ether oxygens (including phenoxy) is 1. The predicted molar refractivity (Wildman–Crippen MR) is 85.0 cm³/mol. The number of rotatable bonds is 9. The second kappa shape index (κ2) is 7.80. The molecule has 1 saturated carbocycles. The Balaban J connectivity index is 2.15. The van der Waals surface area contributed by atoms with E-state index in [0.29, 0.717) is 12.1 Å². The monoisotopic (exact) mass is 275 g/mol. The topological polar surface area (TPSA) is 21.3 Å². The van der Waals surface area contributed by atoms with Crippen molar-refractivity contribution in [3.05, 3.63) is 35.4 Å². The fourth-order valence-electron chi connectivity index (χ4n) is 2.81. The summed E-state index contributed by atoms with van der Waals surface area (Å²) in [5.41, 5.74) is 2.78. The Kier molecular flexibility index (Phi) is 6.06. The molecule has 1 aliphatic rings. The molecule has 20 heavy (non-hydrogen) atoms. The van der Waals surface area contributed by atoms with E-state index in [1.807, 2.05) is 0 Å². The van der Waals surface area contributed by atoms with Gasteiger partial charge < -0.3 is 10.1 Å². The van der Waals surface area contributed by atoms with Crippen molar-refractivity contribution in [3.63, 3.8) is 0 Å². The molecular formula is C18H29NO. The highest BCUT2D eigenvalue weighted by Crippen LogP contribution is 2.40. The summed E-state index contributed by atoms with van der Waals surface area (Å²) in [6.45, 7) is 8.38. The zero-order valence-corrected chi connectivity index (χ0v) is 13.2. The van der Waals surface area contributed by atoms with Crippen LogP contribution < -0.4 is 5.32 Å². The molecule has 1 fully saturated rings. The lowest BCUT2D eigenvalue weighted by molar-refractivity contribution is 0.0186. The molecule has 0 aliphatic heterocycles. The molecule has 2 unspecified atom stereocenters. The third-order valence-corrected chi connectivity index (χ3v) is 4.14. The van der Waals surface area contributed by atoms with Crippen molar-refractivity contribution >= 4 is 0 Å². The average molecular weight is 275 g/mol. The molecule has 112 valence electrons. The van der Waals surface area contributed by atoms with Gasteiger partial charge in [-0.05, 0) is 56.2 Å². The summed E-state index contributed by atoms with van der Waals surface area (Å²) < 4.78 is 6.07. The van der Waals surface area contributed by atoms with Crippen LogP contribution in [0.3, 0.4) is 0 Å². The Morgan fingerprint density at radius 3 is 2.35 bits per heavy atom. The molecule has 0 saturated heterocycles. The van der Waals surface area contributed by atoms with Gasteiger partial charge in [0.1, 0.15) is 0 Å². The fourth-order valence-corrected chi connectivity index (χ4v) is 2.81. The molecule has 0 aromatic heterocycles. The van der Waals surface area contributed by atoms with Gasteiger partial charge in [-0.3, -0.25) is 0 Å². The molecule has 0 radical (unpaired) electrons. The molecule has 0 bridgehead atoms. The molecule has 1 N–H and O–H groups in total. The van der Waals surface area contributed by atoms with E-state index in [-0.39, 0.29) is 0 Å². The largest absolute Gasteiger partial charge is 0.376 e. The quantitative estimate of drug-likeness (QED) is 0.732. The van der Waals surface area contributed by atoms with E-state index in [2.05, 4.69) is 50.4 Å². The van der Waals surface area contributed by atoms with Gasteiger partial charge in [0.2, 0.25) is 0 Å². The molecule has 1 aromatic carbocycles. The summed E-state index contributed by atoms with van der Waals surface area (Å²) in [4.78, 5) is 0. The van der Waals surface area contributed by atoms with E-state index < -0.39 is 0 Å². The normalized spacial score (nSPS) is 17.9. The molecule has 0 heterocycles. The zero-order valence-electron chi connectivity index (χ0n) is 13.2. The van der Waals surface area contributed by atoms with Crippen molar-refractivity contribution < 1.29 is 4.74 Å². The lowest BCUT2D eigenvalue weighted by Crippen LogP contribution is -2.36. The minimum atomic E-state index is 0.332. The highest BCUT2D eigenvalue weighted by atomic mass is 16.5. The summed E-state index contributed by atoms with van der Waals surface area (Å²) in [5, 5.41) is 3.70. The van der Waals surface area contributed by atoms with E-state index in [9.17, 15) is 0 Å². The van der Waals surface area contributed by atoms with Crippen molar-refractivity contribution in [1.29, 1.82) is 0 Å². The molecule has 2 heteroatoms. The molecule has 1 aliphatic carbocycles. The SMILES string of the molecule is CCCNC(c1ccc(CC)cc1)C(OCC)C1CC1. The maximum atomic E-state index is 6.07. The number of nitrogens with one attached hydrogen (secondary N) is 1. The van der Waals surface area contributed by atoms with Crippen LogP contribution in [0.2, 0.25) is 0 Å². The standard InChI is InChI=1S/C18H29NO/c1-4-13-19-17(18(20-6-3)16-11-12-16)15-9-7-14(5-2)8-10-15/h7-10,16-19H,4-6,11-13H2,1-3H3. The second-order valence-electron chi connectivity index (χ2n) is 5.78. The minimum Gasteiger partial charge on any atom is -0.376 e. The van der Waals surface area contributed by atoms with Crippen molar-refractivity contribution in [2.75, 3.05) is 13.2 Å². The lowest BCUT2D eigenvalue weighted by Gasteiger charge is -2.28. The highest BCUT2D eigenvalue weighted by molar-refractivity contribution is 5.26. The van der Waals surface area contributed by atoms with E-state index >= 15 is 0 Å². The van der Waals surface area contributed by atoms with Crippen LogP contribution in [0, 0.1) is 5.92 Å². The van der Waals surface area contributed by atoms with Crippen molar-refractivity contribution in [1.82, 2.24) is 5.32 Å². The van der Waals surface area contributed by atoms with Gasteiger partial charge in [-0.1, -0.05) is 38.1 Å². The summed E-state index contributed by atoms with van der Waals surface area (Å²) in [6.07, 6.45) is 5.24. The number of aryl methyl sites for hydroxylation is 1. The van der Waals surface area contributed by atoms with E-state index in [0.717, 1.165) is 31.9 Å². The Morgan fingerprint density at radius 2 is 1.85 bits per heavy atom. The Hall–Kier alpha value is -0.860. The zero-order chi connectivity index (χ0) is 14.4. The Bertz CT molecular complexity index is 383. The lowest BCUT2D eigenvalue weighted by atomic mass is 9.96. The molecular weight excluding hydrogens is 246 g/mol. The second-order valence-corrected chi connectivity index (χ2v) is 5.78. The van der Waals surface area contributed by atoms with Gasteiger partial charge in [0.25, 0.3) is 0 Å². The predicted octanol–water partition coefficient (Wildman–Crippen LogP) is 4.10. The molecule has 1 aromatic rings. The number of hydrogen-bond donors (Lipinski definition) is 1. The van der Waals surface area contributed by atoms with Crippen molar-refractivity contribution in [2.45, 2.75) is 58.6 Å². The van der Waals surface area contributed by atoms with Crippen LogP contribution in [0.4, 0.5) is 0 Å². The summed E-state index contributed by atoms with van der Waals surface area (Å²) in [5.74, 6) is 0.746. The molecule has 2 nitrogen and oxygen atoms in total. The Labute approximate surface area is 123 Å². The van der Waals surface area contributed by atoms with Crippen molar-refractivity contribution in [2.24, 2.45) is 5.92 Å². The summed E-state index contributed by atoms with van der Waals surface area (Å²) >= 11 is 0. The molecule has 2 rings (SSSR count). The van der Waals surface area contributed by atoms with Crippen LogP contribution in [0.15, 0.2) is 24.3 Å². The number of benzene rings is 1. The Morgan fingerprint density at radius 1 is 1.15 bits per heavy atom.